The third-order valence-electron chi connectivity index (χ3n) is 3.25. The Morgan fingerprint density at radius 2 is 1.76 bits per heavy atom. The summed E-state index contributed by atoms with van der Waals surface area (Å²) in [5, 5.41) is 0. The molecule has 0 unspecified atom stereocenters. The molecule has 4 heteroatoms. The lowest BCUT2D eigenvalue weighted by Crippen LogP contribution is -2.26. The highest BCUT2D eigenvalue weighted by molar-refractivity contribution is 5.97. The molecule has 0 aliphatic rings. The number of rotatable bonds is 5. The number of ether oxygens (including phenoxy) is 2. The lowest BCUT2D eigenvalue weighted by molar-refractivity contribution is 0.0781. The molecule has 0 aromatic heterocycles. The van der Waals surface area contributed by atoms with Gasteiger partial charge in [-0.25, -0.2) is 0 Å². The van der Waals surface area contributed by atoms with Crippen LogP contribution in [0.4, 0.5) is 0 Å². The molecule has 0 N–H and O–H groups in total. The molecule has 1 amide bonds. The molecule has 2 rings (SSSR count). The molecular weight excluding hydrogens is 266 g/mol. The van der Waals surface area contributed by atoms with Gasteiger partial charge in [0.1, 0.15) is 11.5 Å². The molecule has 2 aromatic carbocycles. The van der Waals surface area contributed by atoms with E-state index in [9.17, 15) is 4.79 Å². The van der Waals surface area contributed by atoms with Crippen LogP contribution in [0.1, 0.15) is 15.9 Å². The lowest BCUT2D eigenvalue weighted by Gasteiger charge is -2.19. The molecule has 0 aliphatic carbocycles. The first kappa shape index (κ1) is 14.9. The summed E-state index contributed by atoms with van der Waals surface area (Å²) < 4.78 is 10.4. The van der Waals surface area contributed by atoms with Crippen LogP contribution in [0.2, 0.25) is 0 Å². The van der Waals surface area contributed by atoms with Crippen LogP contribution in [0, 0.1) is 0 Å². The van der Waals surface area contributed by atoms with Crippen molar-refractivity contribution in [3.05, 3.63) is 59.7 Å². The number of amides is 1. The molecule has 0 fully saturated rings. The number of hydrogen-bond donors (Lipinski definition) is 0. The second-order valence-corrected chi connectivity index (χ2v) is 4.71. The quantitative estimate of drug-likeness (QED) is 0.847. The van der Waals surface area contributed by atoms with Crippen molar-refractivity contribution < 1.29 is 14.3 Å². The minimum Gasteiger partial charge on any atom is -0.497 e. The number of nitrogens with zero attached hydrogens (tertiary/aromatic N) is 1. The molecule has 2 aromatic rings. The zero-order valence-corrected chi connectivity index (χ0v) is 12.5. The molecule has 0 spiro atoms. The number of carbonyl (C=O) groups excluding carboxylic acids is 1. The SMILES string of the molecule is COc1ccc(C(=O)N(C)Cc2ccccc2)c(OC)c1. The van der Waals surface area contributed by atoms with E-state index >= 15 is 0 Å². The van der Waals surface area contributed by atoms with Crippen molar-refractivity contribution in [3.8, 4) is 11.5 Å². The summed E-state index contributed by atoms with van der Waals surface area (Å²) in [6, 6.07) is 15.1. The Morgan fingerprint density at radius 1 is 1.05 bits per heavy atom. The summed E-state index contributed by atoms with van der Waals surface area (Å²) in [5.74, 6) is 1.09. The Balaban J connectivity index is 2.19. The zero-order valence-electron chi connectivity index (χ0n) is 12.5. The molecule has 0 saturated carbocycles. The highest BCUT2D eigenvalue weighted by atomic mass is 16.5. The van der Waals surface area contributed by atoms with Crippen LogP contribution in [0.25, 0.3) is 0 Å². The number of benzene rings is 2. The Kier molecular flexibility index (Phi) is 4.82. The Hall–Kier alpha value is -2.49. The molecule has 0 saturated heterocycles. The van der Waals surface area contributed by atoms with E-state index < -0.39 is 0 Å². The topological polar surface area (TPSA) is 38.8 Å². The van der Waals surface area contributed by atoms with Crippen LogP contribution >= 0.6 is 0 Å². The van der Waals surface area contributed by atoms with Gasteiger partial charge in [0.2, 0.25) is 0 Å². The van der Waals surface area contributed by atoms with Gasteiger partial charge in [-0.3, -0.25) is 4.79 Å². The van der Waals surface area contributed by atoms with Crippen molar-refractivity contribution >= 4 is 5.91 Å². The third-order valence-corrected chi connectivity index (χ3v) is 3.25. The second kappa shape index (κ2) is 6.79. The van der Waals surface area contributed by atoms with Crippen molar-refractivity contribution in [1.82, 2.24) is 4.90 Å². The minimum absolute atomic E-state index is 0.0849. The van der Waals surface area contributed by atoms with Crippen molar-refractivity contribution in [2.45, 2.75) is 6.54 Å². The first-order valence-electron chi connectivity index (χ1n) is 6.67. The molecule has 0 heterocycles. The van der Waals surface area contributed by atoms with E-state index in [1.54, 1.807) is 44.4 Å². The average Bonchev–Trinajstić information content (AvgIpc) is 2.54. The maximum absolute atomic E-state index is 12.5. The Bertz CT molecular complexity index is 611. The van der Waals surface area contributed by atoms with Crippen LogP contribution in [0.3, 0.4) is 0 Å². The standard InChI is InChI=1S/C17H19NO3/c1-18(12-13-7-5-4-6-8-13)17(19)15-10-9-14(20-2)11-16(15)21-3/h4-11H,12H2,1-3H3. The summed E-state index contributed by atoms with van der Waals surface area (Å²) >= 11 is 0. The number of methoxy groups -OCH3 is 2. The van der Waals surface area contributed by atoms with E-state index in [0.717, 1.165) is 5.56 Å². The van der Waals surface area contributed by atoms with Gasteiger partial charge >= 0.3 is 0 Å². The lowest BCUT2D eigenvalue weighted by atomic mass is 10.1. The van der Waals surface area contributed by atoms with Gasteiger partial charge < -0.3 is 14.4 Å². The van der Waals surface area contributed by atoms with Gasteiger partial charge in [-0.05, 0) is 17.7 Å². The Morgan fingerprint density at radius 3 is 2.38 bits per heavy atom. The predicted octanol–water partition coefficient (Wildman–Crippen LogP) is 2.98. The van der Waals surface area contributed by atoms with E-state index in [1.165, 1.54) is 0 Å². The molecular formula is C17H19NO3. The van der Waals surface area contributed by atoms with Gasteiger partial charge in [0.25, 0.3) is 5.91 Å². The fourth-order valence-electron chi connectivity index (χ4n) is 2.11. The van der Waals surface area contributed by atoms with Gasteiger partial charge in [-0.1, -0.05) is 30.3 Å². The molecule has 0 aliphatic heterocycles. The van der Waals surface area contributed by atoms with E-state index in [1.807, 2.05) is 30.3 Å². The van der Waals surface area contributed by atoms with Gasteiger partial charge in [-0.2, -0.15) is 0 Å². The smallest absolute Gasteiger partial charge is 0.257 e. The van der Waals surface area contributed by atoms with Gasteiger partial charge in [0, 0.05) is 19.7 Å². The number of hydrogen-bond acceptors (Lipinski definition) is 3. The van der Waals surface area contributed by atoms with Crippen molar-refractivity contribution in [1.29, 1.82) is 0 Å². The Labute approximate surface area is 124 Å². The molecule has 21 heavy (non-hydrogen) atoms. The largest absolute Gasteiger partial charge is 0.497 e. The summed E-state index contributed by atoms with van der Waals surface area (Å²) in [6.07, 6.45) is 0. The minimum atomic E-state index is -0.0849. The summed E-state index contributed by atoms with van der Waals surface area (Å²) in [4.78, 5) is 14.2. The molecule has 0 radical (unpaired) electrons. The van der Waals surface area contributed by atoms with E-state index in [2.05, 4.69) is 0 Å². The van der Waals surface area contributed by atoms with Crippen LogP contribution < -0.4 is 9.47 Å². The van der Waals surface area contributed by atoms with Crippen molar-refractivity contribution in [2.75, 3.05) is 21.3 Å². The summed E-state index contributed by atoms with van der Waals surface area (Å²) in [5.41, 5.74) is 1.61. The van der Waals surface area contributed by atoms with E-state index in [0.29, 0.717) is 23.6 Å². The predicted molar refractivity (Wildman–Crippen MR) is 81.8 cm³/mol. The van der Waals surface area contributed by atoms with Gasteiger partial charge in [0.05, 0.1) is 19.8 Å². The molecule has 4 nitrogen and oxygen atoms in total. The maximum Gasteiger partial charge on any atom is 0.257 e. The van der Waals surface area contributed by atoms with Crippen LogP contribution in [0.15, 0.2) is 48.5 Å². The van der Waals surface area contributed by atoms with Gasteiger partial charge in [0.15, 0.2) is 0 Å². The summed E-state index contributed by atoms with van der Waals surface area (Å²) in [7, 11) is 4.90. The first-order valence-corrected chi connectivity index (χ1v) is 6.67. The maximum atomic E-state index is 12.5. The molecule has 110 valence electrons. The first-order chi connectivity index (χ1) is 10.2. The van der Waals surface area contributed by atoms with Crippen LogP contribution in [0.5, 0.6) is 11.5 Å². The second-order valence-electron chi connectivity index (χ2n) is 4.71. The zero-order chi connectivity index (χ0) is 15.2. The van der Waals surface area contributed by atoms with E-state index in [4.69, 9.17) is 9.47 Å². The fraction of sp³-hybridized carbons (Fsp3) is 0.235. The van der Waals surface area contributed by atoms with E-state index in [-0.39, 0.29) is 5.91 Å². The normalized spacial score (nSPS) is 10.0. The highest BCUT2D eigenvalue weighted by Crippen LogP contribution is 2.25. The van der Waals surface area contributed by atoms with Crippen LogP contribution in [-0.4, -0.2) is 32.1 Å². The van der Waals surface area contributed by atoms with Gasteiger partial charge in [-0.15, -0.1) is 0 Å². The average molecular weight is 285 g/mol. The fourth-order valence-corrected chi connectivity index (χ4v) is 2.11. The highest BCUT2D eigenvalue weighted by Gasteiger charge is 2.17. The third kappa shape index (κ3) is 3.54. The molecule has 0 atom stereocenters. The number of carbonyl (C=O) groups is 1. The van der Waals surface area contributed by atoms with Crippen molar-refractivity contribution in [3.63, 3.8) is 0 Å². The summed E-state index contributed by atoms with van der Waals surface area (Å²) in [6.45, 7) is 0.550. The molecule has 0 bridgehead atoms. The monoisotopic (exact) mass is 285 g/mol. The van der Waals surface area contributed by atoms with Crippen LogP contribution in [-0.2, 0) is 6.54 Å². The van der Waals surface area contributed by atoms with Crippen molar-refractivity contribution in [2.24, 2.45) is 0 Å².